The molecule has 1 aromatic heterocycles. The number of thiazole rings is 1. The monoisotopic (exact) mass is 368 g/mol. The van der Waals surface area contributed by atoms with Gasteiger partial charge in [-0.05, 0) is 36.2 Å². The van der Waals surface area contributed by atoms with Crippen molar-refractivity contribution in [3.05, 3.63) is 64.5 Å². The Bertz CT molecular complexity index is 908. The molecule has 0 amide bonds. The van der Waals surface area contributed by atoms with Gasteiger partial charge in [-0.2, -0.15) is 5.10 Å². The quantitative estimate of drug-likeness (QED) is 0.485. The van der Waals surface area contributed by atoms with Crippen LogP contribution in [0.2, 0.25) is 0 Å². The van der Waals surface area contributed by atoms with E-state index in [2.05, 4.69) is 34.6 Å². The number of aryl methyl sites for hydroxylation is 1. The molecule has 0 aliphatic rings. The summed E-state index contributed by atoms with van der Waals surface area (Å²) in [6, 6.07) is 13.9. The van der Waals surface area contributed by atoms with Crippen molar-refractivity contribution >= 4 is 28.5 Å². The molecule has 0 radical (unpaired) electrons. The van der Waals surface area contributed by atoms with E-state index >= 15 is 0 Å². The van der Waals surface area contributed by atoms with Crippen LogP contribution in [-0.2, 0) is 6.61 Å². The molecule has 0 fully saturated rings. The standard InChI is InChI=1S/C19H20N4O2S/c1-13-4-3-5-15(8-13)11-25-16-7-6-14(9-17(16)24-2)10-21-23-19-22-18(20)12-26-19/h3-10,12H,11,20H2,1-2H3,(H,22,23). The van der Waals surface area contributed by atoms with Gasteiger partial charge in [-0.1, -0.05) is 29.8 Å². The Kier molecular flexibility index (Phi) is 5.70. The summed E-state index contributed by atoms with van der Waals surface area (Å²) < 4.78 is 11.3. The second-order valence-electron chi connectivity index (χ2n) is 5.64. The molecule has 0 atom stereocenters. The molecule has 0 saturated carbocycles. The Morgan fingerprint density at radius 1 is 1.23 bits per heavy atom. The molecule has 2 aromatic carbocycles. The van der Waals surface area contributed by atoms with Gasteiger partial charge >= 0.3 is 0 Å². The summed E-state index contributed by atoms with van der Waals surface area (Å²) in [5, 5.41) is 6.55. The highest BCUT2D eigenvalue weighted by atomic mass is 32.1. The first-order chi connectivity index (χ1) is 12.6. The first-order valence-corrected chi connectivity index (χ1v) is 8.88. The van der Waals surface area contributed by atoms with Gasteiger partial charge in [0.15, 0.2) is 11.5 Å². The van der Waals surface area contributed by atoms with Crippen molar-refractivity contribution in [3.8, 4) is 11.5 Å². The molecule has 0 aliphatic carbocycles. The number of aromatic nitrogens is 1. The highest BCUT2D eigenvalue weighted by Crippen LogP contribution is 2.28. The van der Waals surface area contributed by atoms with Crippen molar-refractivity contribution in [1.29, 1.82) is 0 Å². The zero-order chi connectivity index (χ0) is 18.4. The minimum atomic E-state index is 0.476. The number of ether oxygens (including phenoxy) is 2. The first kappa shape index (κ1) is 17.8. The van der Waals surface area contributed by atoms with Gasteiger partial charge in [0.2, 0.25) is 5.13 Å². The third kappa shape index (κ3) is 4.73. The number of benzene rings is 2. The Balaban J connectivity index is 1.65. The van der Waals surface area contributed by atoms with Crippen LogP contribution in [0.25, 0.3) is 0 Å². The SMILES string of the molecule is COc1cc(C=NNc2nc(N)cs2)ccc1OCc1cccc(C)c1. The summed E-state index contributed by atoms with van der Waals surface area (Å²) >= 11 is 1.39. The van der Waals surface area contributed by atoms with Crippen LogP contribution >= 0.6 is 11.3 Å². The number of nitrogens with one attached hydrogen (secondary N) is 1. The molecule has 0 saturated heterocycles. The third-order valence-electron chi connectivity index (χ3n) is 3.56. The van der Waals surface area contributed by atoms with Crippen molar-refractivity contribution in [2.45, 2.75) is 13.5 Å². The van der Waals surface area contributed by atoms with Gasteiger partial charge in [0, 0.05) is 5.38 Å². The molecule has 0 bridgehead atoms. The van der Waals surface area contributed by atoms with Crippen LogP contribution in [-0.4, -0.2) is 18.3 Å². The van der Waals surface area contributed by atoms with Crippen LogP contribution in [0.3, 0.4) is 0 Å². The third-order valence-corrected chi connectivity index (χ3v) is 4.33. The van der Waals surface area contributed by atoms with Crippen molar-refractivity contribution in [2.75, 3.05) is 18.3 Å². The van der Waals surface area contributed by atoms with Crippen LogP contribution in [0.5, 0.6) is 11.5 Å². The maximum absolute atomic E-state index is 5.89. The number of nitrogen functional groups attached to an aromatic ring is 1. The second kappa shape index (κ2) is 8.35. The molecule has 134 valence electrons. The summed E-state index contributed by atoms with van der Waals surface area (Å²) in [7, 11) is 1.62. The fraction of sp³-hybridized carbons (Fsp3) is 0.158. The highest BCUT2D eigenvalue weighted by Gasteiger charge is 2.06. The van der Waals surface area contributed by atoms with Crippen LogP contribution in [0.15, 0.2) is 52.9 Å². The predicted molar refractivity (Wildman–Crippen MR) is 106 cm³/mol. The fourth-order valence-corrected chi connectivity index (χ4v) is 2.89. The molecule has 3 rings (SSSR count). The van der Waals surface area contributed by atoms with E-state index in [1.165, 1.54) is 16.9 Å². The van der Waals surface area contributed by atoms with Gasteiger partial charge in [-0.25, -0.2) is 4.98 Å². The molecule has 26 heavy (non-hydrogen) atoms. The van der Waals surface area contributed by atoms with Crippen LogP contribution < -0.4 is 20.6 Å². The lowest BCUT2D eigenvalue weighted by Gasteiger charge is -2.11. The summed E-state index contributed by atoms with van der Waals surface area (Å²) in [5.74, 6) is 1.82. The molecule has 0 unspecified atom stereocenters. The predicted octanol–water partition coefficient (Wildman–Crippen LogP) is 4.07. The van der Waals surface area contributed by atoms with E-state index < -0.39 is 0 Å². The van der Waals surface area contributed by atoms with E-state index in [4.69, 9.17) is 15.2 Å². The molecule has 3 N–H and O–H groups in total. The summed E-state index contributed by atoms with van der Waals surface area (Å²) in [5.41, 5.74) is 11.6. The maximum atomic E-state index is 5.89. The van der Waals surface area contributed by atoms with Crippen molar-refractivity contribution < 1.29 is 9.47 Å². The average molecular weight is 368 g/mol. The number of nitrogens with two attached hydrogens (primary N) is 1. The molecule has 0 aliphatic heterocycles. The average Bonchev–Trinajstić information content (AvgIpc) is 3.05. The molecular weight excluding hydrogens is 348 g/mol. The zero-order valence-electron chi connectivity index (χ0n) is 14.6. The lowest BCUT2D eigenvalue weighted by Crippen LogP contribution is -1.99. The Labute approximate surface area is 156 Å². The van der Waals surface area contributed by atoms with Gasteiger partial charge in [-0.3, -0.25) is 5.43 Å². The number of hydrazone groups is 1. The zero-order valence-corrected chi connectivity index (χ0v) is 15.4. The lowest BCUT2D eigenvalue weighted by atomic mass is 10.1. The van der Waals surface area contributed by atoms with Crippen LogP contribution in [0.4, 0.5) is 10.9 Å². The molecule has 3 aromatic rings. The Morgan fingerprint density at radius 3 is 2.85 bits per heavy atom. The fourth-order valence-electron chi connectivity index (χ4n) is 2.35. The van der Waals surface area contributed by atoms with E-state index in [0.717, 1.165) is 11.1 Å². The minimum absolute atomic E-state index is 0.476. The van der Waals surface area contributed by atoms with Crippen molar-refractivity contribution in [2.24, 2.45) is 5.10 Å². The second-order valence-corrected chi connectivity index (χ2v) is 6.49. The van der Waals surface area contributed by atoms with Crippen molar-refractivity contribution in [1.82, 2.24) is 4.98 Å². The van der Waals surface area contributed by atoms with E-state index in [1.54, 1.807) is 18.7 Å². The van der Waals surface area contributed by atoms with E-state index in [0.29, 0.717) is 29.1 Å². The van der Waals surface area contributed by atoms with Gasteiger partial charge in [0.25, 0.3) is 0 Å². The molecular formula is C19H20N4O2S. The van der Waals surface area contributed by atoms with Crippen LogP contribution in [0, 0.1) is 6.92 Å². The number of methoxy groups -OCH3 is 1. The van der Waals surface area contributed by atoms with E-state index in [-0.39, 0.29) is 0 Å². The molecule has 7 heteroatoms. The normalized spacial score (nSPS) is 10.8. The smallest absolute Gasteiger partial charge is 0.205 e. The van der Waals surface area contributed by atoms with Gasteiger partial charge in [0.05, 0.1) is 13.3 Å². The Morgan fingerprint density at radius 2 is 2.12 bits per heavy atom. The highest BCUT2D eigenvalue weighted by molar-refractivity contribution is 7.14. The largest absolute Gasteiger partial charge is 0.493 e. The van der Waals surface area contributed by atoms with Gasteiger partial charge in [-0.15, -0.1) is 11.3 Å². The number of rotatable bonds is 7. The molecule has 6 nitrogen and oxygen atoms in total. The molecule has 1 heterocycles. The molecule has 0 spiro atoms. The Hall–Kier alpha value is -3.06. The first-order valence-electron chi connectivity index (χ1n) is 8.00. The van der Waals surface area contributed by atoms with Crippen LogP contribution in [0.1, 0.15) is 16.7 Å². The van der Waals surface area contributed by atoms with Gasteiger partial charge in [0.1, 0.15) is 12.4 Å². The number of anilines is 2. The summed E-state index contributed by atoms with van der Waals surface area (Å²) in [6.45, 7) is 2.55. The number of hydrogen-bond acceptors (Lipinski definition) is 7. The van der Waals surface area contributed by atoms with Crippen molar-refractivity contribution in [3.63, 3.8) is 0 Å². The summed E-state index contributed by atoms with van der Waals surface area (Å²) in [4.78, 5) is 4.08. The minimum Gasteiger partial charge on any atom is -0.493 e. The maximum Gasteiger partial charge on any atom is 0.205 e. The summed E-state index contributed by atoms with van der Waals surface area (Å²) in [6.07, 6.45) is 1.68. The number of hydrogen-bond donors (Lipinski definition) is 2. The number of nitrogens with zero attached hydrogens (tertiary/aromatic N) is 2. The van der Waals surface area contributed by atoms with E-state index in [1.807, 2.05) is 30.3 Å². The topological polar surface area (TPSA) is 81.8 Å². The lowest BCUT2D eigenvalue weighted by molar-refractivity contribution is 0.284. The van der Waals surface area contributed by atoms with Gasteiger partial charge < -0.3 is 15.2 Å². The van der Waals surface area contributed by atoms with E-state index in [9.17, 15) is 0 Å².